The van der Waals surface area contributed by atoms with E-state index in [9.17, 15) is 4.79 Å². The van der Waals surface area contributed by atoms with Crippen molar-refractivity contribution in [2.45, 2.75) is 0 Å². The molecule has 3 heterocycles. The first-order valence-corrected chi connectivity index (χ1v) is 13.8. The summed E-state index contributed by atoms with van der Waals surface area (Å²) in [4.78, 5) is 19.1. The lowest BCUT2D eigenvalue weighted by atomic mass is 9.90. The Hall–Kier alpha value is -3.57. The Kier molecular flexibility index (Phi) is 6.01. The minimum absolute atomic E-state index is 0.0407. The van der Waals surface area contributed by atoms with Gasteiger partial charge in [0.05, 0.1) is 0 Å². The zero-order valence-corrected chi connectivity index (χ0v) is 21.1. The van der Waals surface area contributed by atoms with Crippen LogP contribution in [0.2, 0.25) is 0 Å². The van der Waals surface area contributed by atoms with E-state index in [0.29, 0.717) is 0 Å². The summed E-state index contributed by atoms with van der Waals surface area (Å²) in [5, 5.41) is 2.12. The number of carbonyl (C=O) groups excluding carboxylic acids is 1. The van der Waals surface area contributed by atoms with Crippen molar-refractivity contribution in [2.75, 3.05) is 0 Å². The number of rotatable bonds is 5. The second-order valence-electron chi connectivity index (χ2n) is 8.12. The molecular formula is C31H20OS3. The first-order chi connectivity index (χ1) is 17.3. The van der Waals surface area contributed by atoms with Gasteiger partial charge in [-0.3, -0.25) is 4.79 Å². The van der Waals surface area contributed by atoms with Gasteiger partial charge >= 0.3 is 0 Å². The minimum atomic E-state index is 0.0407. The van der Waals surface area contributed by atoms with Crippen LogP contribution < -0.4 is 0 Å². The van der Waals surface area contributed by atoms with Crippen LogP contribution in [0, 0.1) is 0 Å². The van der Waals surface area contributed by atoms with Crippen LogP contribution in [0.3, 0.4) is 0 Å². The van der Waals surface area contributed by atoms with E-state index in [1.807, 2.05) is 53.8 Å². The second kappa shape index (κ2) is 9.59. The average molecular weight is 505 g/mol. The van der Waals surface area contributed by atoms with Crippen LogP contribution in [-0.2, 0) is 4.79 Å². The molecule has 0 saturated heterocycles. The Morgan fingerprint density at radius 3 is 2.23 bits per heavy atom. The molecule has 0 radical (unpaired) electrons. The Morgan fingerprint density at radius 2 is 1.40 bits per heavy atom. The Balaban J connectivity index is 1.40. The molecule has 0 fully saturated rings. The van der Waals surface area contributed by atoms with Crippen LogP contribution in [-0.4, -0.2) is 5.78 Å². The zero-order valence-electron chi connectivity index (χ0n) is 18.7. The maximum atomic E-state index is 12.8. The number of carbonyl (C=O) groups is 1. The Morgan fingerprint density at radius 1 is 0.657 bits per heavy atom. The van der Waals surface area contributed by atoms with Crippen molar-refractivity contribution in [3.8, 4) is 19.5 Å². The van der Waals surface area contributed by atoms with Crippen LogP contribution in [0.15, 0.2) is 115 Å². The lowest BCUT2D eigenvalue weighted by molar-refractivity contribution is -0.109. The van der Waals surface area contributed by atoms with Crippen LogP contribution in [0.1, 0.15) is 21.6 Å². The lowest BCUT2D eigenvalue weighted by Gasteiger charge is -2.12. The van der Waals surface area contributed by atoms with Gasteiger partial charge in [0.2, 0.25) is 0 Å². The van der Waals surface area contributed by atoms with Gasteiger partial charge in [-0.1, -0.05) is 72.8 Å². The number of allylic oxidation sites excluding steroid dienone is 4. The van der Waals surface area contributed by atoms with Gasteiger partial charge in [-0.05, 0) is 70.1 Å². The van der Waals surface area contributed by atoms with Crippen LogP contribution in [0.25, 0.3) is 36.7 Å². The predicted molar refractivity (Wildman–Crippen MR) is 153 cm³/mol. The van der Waals surface area contributed by atoms with Crippen LogP contribution >= 0.6 is 34.0 Å². The summed E-state index contributed by atoms with van der Waals surface area (Å²) in [6.45, 7) is 0. The van der Waals surface area contributed by atoms with Gasteiger partial charge < -0.3 is 0 Å². The van der Waals surface area contributed by atoms with Gasteiger partial charge in [-0.2, -0.15) is 0 Å². The molecule has 0 unspecified atom stereocenters. The topological polar surface area (TPSA) is 17.1 Å². The third-order valence-electron chi connectivity index (χ3n) is 5.92. The molecule has 0 atom stereocenters. The van der Waals surface area contributed by atoms with E-state index in [2.05, 4.69) is 72.1 Å². The number of benzene rings is 2. The summed E-state index contributed by atoms with van der Waals surface area (Å²) < 4.78 is 0. The Labute approximate surface area is 216 Å². The zero-order chi connectivity index (χ0) is 23.6. The molecule has 2 aromatic carbocycles. The third kappa shape index (κ3) is 4.44. The highest BCUT2D eigenvalue weighted by Crippen LogP contribution is 2.41. The van der Waals surface area contributed by atoms with Gasteiger partial charge in [0, 0.05) is 30.0 Å². The molecule has 6 rings (SSSR count). The quantitative estimate of drug-likeness (QED) is 0.218. The van der Waals surface area contributed by atoms with Crippen molar-refractivity contribution in [1.82, 2.24) is 0 Å². The highest BCUT2D eigenvalue weighted by molar-refractivity contribution is 7.26. The molecule has 3 aromatic heterocycles. The molecule has 0 aliphatic heterocycles. The van der Waals surface area contributed by atoms with Crippen molar-refractivity contribution < 1.29 is 4.79 Å². The summed E-state index contributed by atoms with van der Waals surface area (Å²) in [5.41, 5.74) is 5.03. The van der Waals surface area contributed by atoms with E-state index in [-0.39, 0.29) is 5.78 Å². The SMILES string of the molecule is O=C1C=Cc2ccccc2/C1=C\C=C(\c1ccccc1)c1ccc(-c2ccc(-c3cccs3)s2)s1. The van der Waals surface area contributed by atoms with Gasteiger partial charge in [0.1, 0.15) is 0 Å². The first kappa shape index (κ1) is 21.9. The fourth-order valence-electron chi connectivity index (χ4n) is 4.19. The summed E-state index contributed by atoms with van der Waals surface area (Å²) in [6.07, 6.45) is 7.63. The fourth-order valence-corrected chi connectivity index (χ4v) is 7.17. The molecule has 168 valence electrons. The molecule has 35 heavy (non-hydrogen) atoms. The molecule has 4 heteroatoms. The summed E-state index contributed by atoms with van der Waals surface area (Å²) in [5.74, 6) is 0.0407. The number of hydrogen-bond donors (Lipinski definition) is 0. The van der Waals surface area contributed by atoms with E-state index in [4.69, 9.17) is 0 Å². The average Bonchev–Trinajstić information content (AvgIpc) is 3.67. The highest BCUT2D eigenvalue weighted by Gasteiger charge is 2.17. The standard InChI is InChI=1S/C31H20OS3/c32-26-15-12-22-9-4-5-10-23(22)25(26)14-13-24(21-7-2-1-3-8-21)27-16-17-30(34-27)31-19-18-29(35-31)28-11-6-20-33-28/h1-20H/b24-13-,25-14+. The van der Waals surface area contributed by atoms with Crippen molar-refractivity contribution >= 4 is 57.0 Å². The van der Waals surface area contributed by atoms with Crippen LogP contribution in [0.5, 0.6) is 0 Å². The van der Waals surface area contributed by atoms with E-state index in [0.717, 1.165) is 27.8 Å². The number of fused-ring (bicyclic) bond motifs is 1. The van der Waals surface area contributed by atoms with Gasteiger partial charge in [-0.25, -0.2) is 0 Å². The molecule has 1 aliphatic carbocycles. The molecule has 1 nitrogen and oxygen atoms in total. The number of ketones is 1. The maximum absolute atomic E-state index is 12.8. The van der Waals surface area contributed by atoms with Gasteiger partial charge in [0.15, 0.2) is 5.78 Å². The van der Waals surface area contributed by atoms with Crippen LogP contribution in [0.4, 0.5) is 0 Å². The van der Waals surface area contributed by atoms with Crippen molar-refractivity contribution in [3.63, 3.8) is 0 Å². The summed E-state index contributed by atoms with van der Waals surface area (Å²) in [6, 6.07) is 31.5. The summed E-state index contributed by atoms with van der Waals surface area (Å²) >= 11 is 5.39. The molecule has 0 N–H and O–H groups in total. The highest BCUT2D eigenvalue weighted by atomic mass is 32.1. The van der Waals surface area contributed by atoms with Crippen molar-refractivity contribution in [2.24, 2.45) is 0 Å². The van der Waals surface area contributed by atoms with Crippen molar-refractivity contribution in [1.29, 1.82) is 0 Å². The minimum Gasteiger partial charge on any atom is -0.289 e. The fraction of sp³-hybridized carbons (Fsp3) is 0. The number of hydrogen-bond acceptors (Lipinski definition) is 4. The largest absolute Gasteiger partial charge is 0.289 e. The third-order valence-corrected chi connectivity index (χ3v) is 9.38. The molecule has 0 saturated carbocycles. The predicted octanol–water partition coefficient (Wildman–Crippen LogP) is 9.32. The smallest absolute Gasteiger partial charge is 0.186 e. The van der Waals surface area contributed by atoms with Gasteiger partial charge in [-0.15, -0.1) is 34.0 Å². The van der Waals surface area contributed by atoms with E-state index in [1.165, 1.54) is 24.4 Å². The second-order valence-corrected chi connectivity index (χ2v) is 11.2. The monoisotopic (exact) mass is 504 g/mol. The normalized spacial score (nSPS) is 14.5. The molecule has 0 amide bonds. The van der Waals surface area contributed by atoms with E-state index in [1.54, 1.807) is 28.7 Å². The summed E-state index contributed by atoms with van der Waals surface area (Å²) in [7, 11) is 0. The maximum Gasteiger partial charge on any atom is 0.186 e. The number of thiophene rings is 3. The van der Waals surface area contributed by atoms with E-state index >= 15 is 0 Å². The molecule has 0 spiro atoms. The molecule has 5 aromatic rings. The molecule has 0 bridgehead atoms. The molecular weight excluding hydrogens is 485 g/mol. The molecule has 1 aliphatic rings. The Bertz CT molecular complexity index is 1590. The lowest BCUT2D eigenvalue weighted by Crippen LogP contribution is -2.04. The van der Waals surface area contributed by atoms with Gasteiger partial charge in [0.25, 0.3) is 0 Å². The van der Waals surface area contributed by atoms with Crippen molar-refractivity contribution in [3.05, 3.63) is 136 Å². The van der Waals surface area contributed by atoms with E-state index < -0.39 is 0 Å². The first-order valence-electron chi connectivity index (χ1n) is 11.3.